The number of amides is 1. The SMILES string of the molecule is CCN(CC(F)(F)F)C(=O)c1cnc(-c2cccnc2)s1. The van der Waals surface area contributed by atoms with E-state index in [2.05, 4.69) is 9.97 Å². The second-order valence-electron chi connectivity index (χ2n) is 4.21. The second-order valence-corrected chi connectivity index (χ2v) is 5.24. The van der Waals surface area contributed by atoms with Gasteiger partial charge in [0.25, 0.3) is 5.91 Å². The lowest BCUT2D eigenvalue weighted by atomic mass is 10.3. The van der Waals surface area contributed by atoms with E-state index in [9.17, 15) is 18.0 Å². The number of alkyl halides is 3. The monoisotopic (exact) mass is 315 g/mol. The zero-order valence-electron chi connectivity index (χ0n) is 11.1. The molecule has 0 aliphatic carbocycles. The van der Waals surface area contributed by atoms with E-state index in [0.29, 0.717) is 5.01 Å². The summed E-state index contributed by atoms with van der Waals surface area (Å²) in [7, 11) is 0. The predicted molar refractivity (Wildman–Crippen MR) is 73.0 cm³/mol. The van der Waals surface area contributed by atoms with Crippen molar-refractivity contribution < 1.29 is 18.0 Å². The van der Waals surface area contributed by atoms with Crippen molar-refractivity contribution in [3.05, 3.63) is 35.6 Å². The van der Waals surface area contributed by atoms with Gasteiger partial charge in [0.15, 0.2) is 0 Å². The molecule has 2 heterocycles. The third kappa shape index (κ3) is 4.01. The normalized spacial score (nSPS) is 11.4. The molecule has 0 unspecified atom stereocenters. The first kappa shape index (κ1) is 15.4. The van der Waals surface area contributed by atoms with Gasteiger partial charge in [-0.3, -0.25) is 9.78 Å². The van der Waals surface area contributed by atoms with Crippen molar-refractivity contribution in [2.75, 3.05) is 13.1 Å². The van der Waals surface area contributed by atoms with Crippen LogP contribution in [0.25, 0.3) is 10.6 Å². The predicted octanol–water partition coefficient (Wildman–Crippen LogP) is 3.23. The van der Waals surface area contributed by atoms with Gasteiger partial charge in [-0.1, -0.05) is 0 Å². The van der Waals surface area contributed by atoms with Gasteiger partial charge in [-0.2, -0.15) is 13.2 Å². The van der Waals surface area contributed by atoms with E-state index < -0.39 is 18.6 Å². The van der Waals surface area contributed by atoms with Crippen LogP contribution in [0, 0.1) is 0 Å². The van der Waals surface area contributed by atoms with Gasteiger partial charge < -0.3 is 4.90 Å². The van der Waals surface area contributed by atoms with Crippen molar-refractivity contribution in [1.82, 2.24) is 14.9 Å². The van der Waals surface area contributed by atoms with E-state index in [1.807, 2.05) is 0 Å². The van der Waals surface area contributed by atoms with Crippen LogP contribution in [0.3, 0.4) is 0 Å². The Bertz CT molecular complexity index is 613. The van der Waals surface area contributed by atoms with Crippen molar-refractivity contribution in [3.8, 4) is 10.6 Å². The number of aromatic nitrogens is 2. The highest BCUT2D eigenvalue weighted by molar-refractivity contribution is 7.16. The summed E-state index contributed by atoms with van der Waals surface area (Å²) in [6.45, 7) is 0.230. The second kappa shape index (κ2) is 6.21. The summed E-state index contributed by atoms with van der Waals surface area (Å²) >= 11 is 1.05. The summed E-state index contributed by atoms with van der Waals surface area (Å²) in [4.78, 5) is 21.0. The van der Waals surface area contributed by atoms with Gasteiger partial charge in [-0.15, -0.1) is 11.3 Å². The van der Waals surface area contributed by atoms with E-state index >= 15 is 0 Å². The molecule has 0 aliphatic rings. The molecule has 0 saturated heterocycles. The summed E-state index contributed by atoms with van der Waals surface area (Å²) in [6.07, 6.45) is 0.0720. The minimum atomic E-state index is -4.41. The van der Waals surface area contributed by atoms with Crippen LogP contribution in [0.2, 0.25) is 0 Å². The molecule has 0 saturated carbocycles. The summed E-state index contributed by atoms with van der Waals surface area (Å²) in [5.41, 5.74) is 0.723. The van der Waals surface area contributed by atoms with Gasteiger partial charge in [0.1, 0.15) is 16.4 Å². The molecule has 4 nitrogen and oxygen atoms in total. The standard InChI is InChI=1S/C13H12F3N3OS/c1-2-19(8-13(14,15)16)12(20)10-7-18-11(21-10)9-4-3-5-17-6-9/h3-7H,2,8H2,1H3. The number of carbonyl (C=O) groups is 1. The van der Waals surface area contributed by atoms with Crippen LogP contribution in [-0.4, -0.2) is 40.0 Å². The van der Waals surface area contributed by atoms with Crippen LogP contribution in [0.1, 0.15) is 16.6 Å². The molecule has 0 spiro atoms. The highest BCUT2D eigenvalue weighted by atomic mass is 32.1. The van der Waals surface area contributed by atoms with E-state index in [1.165, 1.54) is 13.1 Å². The van der Waals surface area contributed by atoms with Crippen LogP contribution in [0.5, 0.6) is 0 Å². The number of hydrogen-bond donors (Lipinski definition) is 0. The molecular weight excluding hydrogens is 303 g/mol. The smallest absolute Gasteiger partial charge is 0.329 e. The number of rotatable bonds is 4. The summed E-state index contributed by atoms with van der Waals surface area (Å²) < 4.78 is 37.3. The third-order valence-electron chi connectivity index (χ3n) is 2.66. The Hall–Kier alpha value is -1.96. The van der Waals surface area contributed by atoms with E-state index in [1.54, 1.807) is 24.5 Å². The number of pyridine rings is 1. The van der Waals surface area contributed by atoms with Gasteiger partial charge in [-0.05, 0) is 19.1 Å². The number of carbonyl (C=O) groups excluding carboxylic acids is 1. The molecule has 0 aromatic carbocycles. The van der Waals surface area contributed by atoms with Gasteiger partial charge in [0.2, 0.25) is 0 Å². The largest absolute Gasteiger partial charge is 0.406 e. The summed E-state index contributed by atoms with van der Waals surface area (Å²) in [5, 5.41) is 0.550. The topological polar surface area (TPSA) is 46.1 Å². The van der Waals surface area contributed by atoms with E-state index in [0.717, 1.165) is 21.8 Å². The van der Waals surface area contributed by atoms with Gasteiger partial charge >= 0.3 is 6.18 Å². The molecule has 0 aliphatic heterocycles. The highest BCUT2D eigenvalue weighted by Crippen LogP contribution is 2.26. The molecule has 0 radical (unpaired) electrons. The Morgan fingerprint density at radius 3 is 2.71 bits per heavy atom. The highest BCUT2D eigenvalue weighted by Gasteiger charge is 2.33. The molecule has 2 aromatic rings. The Balaban J connectivity index is 2.18. The van der Waals surface area contributed by atoms with Crippen LogP contribution in [-0.2, 0) is 0 Å². The minimum absolute atomic E-state index is 0.0154. The molecular formula is C13H12F3N3OS. The molecule has 8 heteroatoms. The van der Waals surface area contributed by atoms with Gasteiger partial charge in [0.05, 0.1) is 6.20 Å². The molecule has 0 atom stereocenters. The molecule has 0 bridgehead atoms. The minimum Gasteiger partial charge on any atom is -0.329 e. The first-order valence-corrected chi connectivity index (χ1v) is 6.94. The molecule has 2 rings (SSSR count). The average molecular weight is 315 g/mol. The van der Waals surface area contributed by atoms with E-state index in [4.69, 9.17) is 0 Å². The fraction of sp³-hybridized carbons (Fsp3) is 0.308. The first-order valence-electron chi connectivity index (χ1n) is 6.13. The molecule has 1 amide bonds. The number of hydrogen-bond acceptors (Lipinski definition) is 4. The Labute approximate surface area is 123 Å². The van der Waals surface area contributed by atoms with Crippen LogP contribution in [0.4, 0.5) is 13.2 Å². The van der Waals surface area contributed by atoms with Crippen LogP contribution < -0.4 is 0 Å². The molecule has 112 valence electrons. The average Bonchev–Trinajstić information content (AvgIpc) is 2.94. The first-order chi connectivity index (χ1) is 9.90. The number of thiazole rings is 1. The van der Waals surface area contributed by atoms with Crippen molar-refractivity contribution in [2.24, 2.45) is 0 Å². The molecule has 0 fully saturated rings. The zero-order valence-corrected chi connectivity index (χ0v) is 11.9. The Kier molecular flexibility index (Phi) is 4.56. The lowest BCUT2D eigenvalue weighted by Crippen LogP contribution is -2.38. The van der Waals surface area contributed by atoms with Crippen molar-refractivity contribution in [1.29, 1.82) is 0 Å². The van der Waals surface area contributed by atoms with Gasteiger partial charge in [-0.25, -0.2) is 4.98 Å². The van der Waals surface area contributed by atoms with Gasteiger partial charge in [0, 0.05) is 24.5 Å². The Morgan fingerprint density at radius 1 is 1.38 bits per heavy atom. The number of nitrogens with zero attached hydrogens (tertiary/aromatic N) is 3. The summed E-state index contributed by atoms with van der Waals surface area (Å²) in [6, 6.07) is 3.49. The van der Waals surface area contributed by atoms with Crippen molar-refractivity contribution in [3.63, 3.8) is 0 Å². The number of halogens is 3. The molecule has 21 heavy (non-hydrogen) atoms. The fourth-order valence-corrected chi connectivity index (χ4v) is 2.57. The van der Waals surface area contributed by atoms with Crippen molar-refractivity contribution >= 4 is 17.2 Å². The molecule has 2 aromatic heterocycles. The maximum atomic E-state index is 12.4. The van der Waals surface area contributed by atoms with Crippen LogP contribution >= 0.6 is 11.3 Å². The Morgan fingerprint density at radius 2 is 2.14 bits per heavy atom. The zero-order chi connectivity index (χ0) is 15.5. The summed E-state index contributed by atoms with van der Waals surface area (Å²) in [5.74, 6) is -0.664. The maximum Gasteiger partial charge on any atom is 0.406 e. The van der Waals surface area contributed by atoms with Crippen molar-refractivity contribution in [2.45, 2.75) is 13.1 Å². The lowest BCUT2D eigenvalue weighted by Gasteiger charge is -2.21. The quantitative estimate of drug-likeness (QED) is 0.870. The molecule has 0 N–H and O–H groups in total. The lowest BCUT2D eigenvalue weighted by molar-refractivity contribution is -0.140. The van der Waals surface area contributed by atoms with E-state index in [-0.39, 0.29) is 11.4 Å². The third-order valence-corrected chi connectivity index (χ3v) is 3.70. The maximum absolute atomic E-state index is 12.4. The fourth-order valence-electron chi connectivity index (χ4n) is 1.70. The van der Waals surface area contributed by atoms with Crippen LogP contribution in [0.15, 0.2) is 30.7 Å².